The average molecular weight is 585 g/mol. The second-order valence-corrected chi connectivity index (χ2v) is 11.2. The molecule has 0 atom stereocenters. The van der Waals surface area contributed by atoms with Gasteiger partial charge in [-0.3, -0.25) is 4.79 Å². The first-order chi connectivity index (χ1) is 18.4. The van der Waals surface area contributed by atoms with E-state index in [0.717, 1.165) is 26.5 Å². The molecule has 2 aromatic heterocycles. The van der Waals surface area contributed by atoms with E-state index in [1.807, 2.05) is 41.8 Å². The lowest BCUT2D eigenvalue weighted by molar-refractivity contribution is -0.113. The van der Waals surface area contributed by atoms with Crippen LogP contribution in [-0.4, -0.2) is 31.4 Å². The van der Waals surface area contributed by atoms with Crippen LogP contribution >= 0.6 is 46.3 Å². The van der Waals surface area contributed by atoms with Crippen molar-refractivity contribution in [2.24, 2.45) is 0 Å². The van der Waals surface area contributed by atoms with Gasteiger partial charge >= 0.3 is 0 Å². The first-order valence-corrected chi connectivity index (χ1v) is 14.4. The van der Waals surface area contributed by atoms with Gasteiger partial charge in [0.1, 0.15) is 17.4 Å². The van der Waals surface area contributed by atoms with E-state index in [2.05, 4.69) is 34.6 Å². The van der Waals surface area contributed by atoms with Crippen molar-refractivity contribution in [2.75, 3.05) is 11.1 Å². The van der Waals surface area contributed by atoms with Gasteiger partial charge in [0.2, 0.25) is 5.91 Å². The Morgan fingerprint density at radius 2 is 1.89 bits per heavy atom. The summed E-state index contributed by atoms with van der Waals surface area (Å²) in [4.78, 5) is 17.4. The van der Waals surface area contributed by atoms with Gasteiger partial charge in [0.05, 0.1) is 21.0 Å². The zero-order valence-electron chi connectivity index (χ0n) is 20.6. The summed E-state index contributed by atoms with van der Waals surface area (Å²) >= 11 is 15.2. The predicted molar refractivity (Wildman–Crippen MR) is 156 cm³/mol. The molecule has 0 spiro atoms. The lowest BCUT2D eigenvalue weighted by atomic mass is 10.2. The van der Waals surface area contributed by atoms with Crippen molar-refractivity contribution in [3.8, 4) is 16.3 Å². The maximum Gasteiger partial charge on any atom is 0.234 e. The van der Waals surface area contributed by atoms with E-state index in [1.54, 1.807) is 29.5 Å². The van der Waals surface area contributed by atoms with Crippen molar-refractivity contribution >= 4 is 68.1 Å². The number of thiazole rings is 1. The molecule has 1 N–H and O–H groups in total. The van der Waals surface area contributed by atoms with Crippen molar-refractivity contribution in [1.82, 2.24) is 19.7 Å². The Hall–Kier alpha value is -3.11. The lowest BCUT2D eigenvalue weighted by Crippen LogP contribution is -2.15. The fourth-order valence-corrected chi connectivity index (χ4v) is 5.98. The molecule has 1 amide bonds. The van der Waals surface area contributed by atoms with Crippen LogP contribution in [0.5, 0.6) is 5.75 Å². The predicted octanol–water partition coefficient (Wildman–Crippen LogP) is 7.50. The van der Waals surface area contributed by atoms with E-state index in [9.17, 15) is 4.79 Å². The standard InChI is InChI=1S/C27H23Cl2N5O2S2/c1-3-34-24(14-36-22-13-18(28)7-10-20(22)29)32-33-27(34)37-15-25(35)30-19-8-5-17(6-9-19)26-31-21-11-4-16(2)12-23(21)38-26/h4-13H,3,14-15H2,1-2H3,(H,30,35). The van der Waals surface area contributed by atoms with Gasteiger partial charge in [-0.15, -0.1) is 21.5 Å². The first-order valence-electron chi connectivity index (χ1n) is 11.8. The molecule has 194 valence electrons. The fraction of sp³-hybridized carbons (Fsp3) is 0.185. The van der Waals surface area contributed by atoms with Crippen LogP contribution < -0.4 is 10.1 Å². The summed E-state index contributed by atoms with van der Waals surface area (Å²) in [7, 11) is 0. The van der Waals surface area contributed by atoms with Gasteiger partial charge in [-0.25, -0.2) is 4.98 Å². The zero-order valence-corrected chi connectivity index (χ0v) is 23.7. The van der Waals surface area contributed by atoms with Gasteiger partial charge in [0, 0.05) is 28.9 Å². The number of ether oxygens (including phenoxy) is 1. The molecule has 2 heterocycles. The molecule has 5 aromatic rings. The summed E-state index contributed by atoms with van der Waals surface area (Å²) in [5.41, 5.74) is 3.95. The Labute approximate surface area is 238 Å². The van der Waals surface area contributed by atoms with Crippen LogP contribution in [0.1, 0.15) is 18.3 Å². The monoisotopic (exact) mass is 583 g/mol. The van der Waals surface area contributed by atoms with Crippen molar-refractivity contribution in [3.63, 3.8) is 0 Å². The number of anilines is 1. The smallest absolute Gasteiger partial charge is 0.234 e. The van der Waals surface area contributed by atoms with Crippen LogP contribution in [0, 0.1) is 6.92 Å². The second kappa shape index (κ2) is 11.7. The molecule has 5 rings (SSSR count). The van der Waals surface area contributed by atoms with Crippen molar-refractivity contribution in [3.05, 3.63) is 82.1 Å². The van der Waals surface area contributed by atoms with Crippen molar-refractivity contribution in [1.29, 1.82) is 0 Å². The summed E-state index contributed by atoms with van der Waals surface area (Å²) in [5.74, 6) is 1.17. The number of thioether (sulfide) groups is 1. The van der Waals surface area contributed by atoms with E-state index >= 15 is 0 Å². The average Bonchev–Trinajstić information content (AvgIpc) is 3.51. The Morgan fingerprint density at radius 1 is 1.08 bits per heavy atom. The van der Waals surface area contributed by atoms with E-state index in [-0.39, 0.29) is 18.3 Å². The Bertz CT molecular complexity index is 1600. The maximum atomic E-state index is 12.6. The minimum Gasteiger partial charge on any atom is -0.484 e. The fourth-order valence-electron chi connectivity index (χ4n) is 3.76. The topological polar surface area (TPSA) is 81.9 Å². The van der Waals surface area contributed by atoms with Crippen LogP contribution in [-0.2, 0) is 17.9 Å². The molecule has 0 saturated heterocycles. The summed E-state index contributed by atoms with van der Waals surface area (Å²) < 4.78 is 8.87. The number of benzene rings is 3. The number of nitrogens with one attached hydrogen (secondary N) is 1. The highest BCUT2D eigenvalue weighted by Crippen LogP contribution is 2.32. The number of halogens is 2. The summed E-state index contributed by atoms with van der Waals surface area (Å²) in [6.07, 6.45) is 0. The molecule has 0 unspecified atom stereocenters. The van der Waals surface area contributed by atoms with Crippen LogP contribution in [0.25, 0.3) is 20.8 Å². The van der Waals surface area contributed by atoms with Gasteiger partial charge in [0.25, 0.3) is 0 Å². The molecule has 0 aliphatic carbocycles. The maximum absolute atomic E-state index is 12.6. The molecule has 11 heteroatoms. The Balaban J connectivity index is 1.17. The minimum atomic E-state index is -0.132. The number of aromatic nitrogens is 4. The van der Waals surface area contributed by atoms with Gasteiger partial charge in [-0.05, 0) is 67.9 Å². The number of aryl methyl sites for hydroxylation is 1. The molecule has 0 saturated carbocycles. The van der Waals surface area contributed by atoms with Crippen molar-refractivity contribution in [2.45, 2.75) is 32.2 Å². The highest BCUT2D eigenvalue weighted by Gasteiger charge is 2.15. The van der Waals surface area contributed by atoms with Gasteiger partial charge in [-0.2, -0.15) is 0 Å². The summed E-state index contributed by atoms with van der Waals surface area (Å²) in [5, 5.41) is 14.0. The number of hydrogen-bond acceptors (Lipinski definition) is 7. The number of nitrogens with zero attached hydrogens (tertiary/aromatic N) is 4. The summed E-state index contributed by atoms with van der Waals surface area (Å²) in [6.45, 7) is 4.87. The molecular weight excluding hydrogens is 561 g/mol. The molecule has 0 fully saturated rings. The minimum absolute atomic E-state index is 0.132. The highest BCUT2D eigenvalue weighted by molar-refractivity contribution is 7.99. The third-order valence-corrected chi connectivity index (χ3v) is 8.23. The quantitative estimate of drug-likeness (QED) is 0.181. The third kappa shape index (κ3) is 6.13. The van der Waals surface area contributed by atoms with Crippen LogP contribution in [0.15, 0.2) is 65.8 Å². The third-order valence-electron chi connectivity index (χ3n) is 5.65. The molecular formula is C27H23Cl2N5O2S2. The molecule has 7 nitrogen and oxygen atoms in total. The SMILES string of the molecule is CCn1c(COc2cc(Cl)ccc2Cl)nnc1SCC(=O)Nc1ccc(-c2nc3ccc(C)cc3s2)cc1. The lowest BCUT2D eigenvalue weighted by Gasteiger charge is -2.10. The normalized spacial score (nSPS) is 11.2. The molecule has 3 aromatic carbocycles. The first kappa shape index (κ1) is 26.5. The number of carbonyl (C=O) groups is 1. The van der Waals surface area contributed by atoms with Crippen molar-refractivity contribution < 1.29 is 9.53 Å². The molecule has 0 bridgehead atoms. The van der Waals surface area contributed by atoms with Gasteiger partial charge in [-0.1, -0.05) is 41.0 Å². The number of amides is 1. The Kier molecular flexibility index (Phi) is 8.18. The molecule has 0 radical (unpaired) electrons. The van der Waals surface area contributed by atoms with E-state index in [1.165, 1.54) is 17.3 Å². The molecule has 0 aliphatic rings. The number of carbonyl (C=O) groups excluding carboxylic acids is 1. The molecule has 38 heavy (non-hydrogen) atoms. The van der Waals surface area contributed by atoms with Crippen LogP contribution in [0.3, 0.4) is 0 Å². The Morgan fingerprint density at radius 3 is 2.68 bits per heavy atom. The van der Waals surface area contributed by atoms with Gasteiger partial charge in [0.15, 0.2) is 11.0 Å². The van der Waals surface area contributed by atoms with E-state index < -0.39 is 0 Å². The van der Waals surface area contributed by atoms with Gasteiger partial charge < -0.3 is 14.6 Å². The second-order valence-electron chi connectivity index (χ2n) is 8.41. The van der Waals surface area contributed by atoms with E-state index in [0.29, 0.717) is 33.3 Å². The zero-order chi connectivity index (χ0) is 26.6. The number of fused-ring (bicyclic) bond motifs is 1. The van der Waals surface area contributed by atoms with Crippen LogP contribution in [0.4, 0.5) is 5.69 Å². The number of rotatable bonds is 9. The van der Waals surface area contributed by atoms with Crippen LogP contribution in [0.2, 0.25) is 10.0 Å². The number of hydrogen-bond donors (Lipinski definition) is 1. The highest BCUT2D eigenvalue weighted by atomic mass is 35.5. The summed E-state index contributed by atoms with van der Waals surface area (Å²) in [6, 6.07) is 19.0. The molecule has 0 aliphatic heterocycles. The van der Waals surface area contributed by atoms with E-state index in [4.69, 9.17) is 32.9 Å². The largest absolute Gasteiger partial charge is 0.484 e.